The van der Waals surface area contributed by atoms with E-state index in [2.05, 4.69) is 0 Å². The van der Waals surface area contributed by atoms with Crippen molar-refractivity contribution in [3.63, 3.8) is 0 Å². The van der Waals surface area contributed by atoms with Crippen molar-refractivity contribution in [3.05, 3.63) is 67.6 Å². The lowest BCUT2D eigenvalue weighted by Crippen LogP contribution is -2.22. The molecule has 0 saturated carbocycles. The number of hydrogen-bond donors (Lipinski definition) is 2. The Balaban J connectivity index is -0.000000346. The van der Waals surface area contributed by atoms with Crippen LogP contribution in [-0.4, -0.2) is 17.4 Å². The van der Waals surface area contributed by atoms with Gasteiger partial charge in [0, 0.05) is 21.2 Å². The van der Waals surface area contributed by atoms with E-state index in [1.165, 1.54) is 36.4 Å². The fraction of sp³-hybridized carbons (Fsp3) is 0. The molecule has 0 fully saturated rings. The summed E-state index contributed by atoms with van der Waals surface area (Å²) in [5.41, 5.74) is -0.0906. The first-order chi connectivity index (χ1) is 10.2. The Morgan fingerprint density at radius 2 is 0.960 bits per heavy atom. The number of carbonyl (C=O) groups is 2. The van der Waals surface area contributed by atoms with Gasteiger partial charge in [0.05, 0.1) is 22.0 Å². The Labute approximate surface area is 163 Å². The summed E-state index contributed by atoms with van der Waals surface area (Å²) < 4.78 is 0. The molecule has 0 radical (unpaired) electrons. The molecule has 140 valence electrons. The molecule has 0 saturated heterocycles. The Morgan fingerprint density at radius 1 is 0.680 bits per heavy atom. The summed E-state index contributed by atoms with van der Waals surface area (Å²) in [6.07, 6.45) is 0. The number of carboxylic acids is 2. The highest BCUT2D eigenvalue weighted by molar-refractivity contribution is 6.37. The zero-order chi connectivity index (χ0) is 16.9. The molecule has 2 aromatic rings. The molecular weight excluding hydrogens is 418 g/mol. The van der Waals surface area contributed by atoms with Crippen molar-refractivity contribution >= 4 is 58.3 Å². The van der Waals surface area contributed by atoms with Gasteiger partial charge in [-0.1, -0.05) is 58.5 Å². The smallest absolute Gasteiger partial charge is 0.0730 e. The van der Waals surface area contributed by atoms with Crippen LogP contribution < -0.4 is 22.5 Å². The monoisotopic (exact) mass is 432 g/mol. The number of carbonyl (C=O) groups excluding carboxylic acids is 2. The molecule has 0 aliphatic carbocycles. The van der Waals surface area contributed by atoms with Gasteiger partial charge in [-0.15, -0.1) is 0 Å². The van der Waals surface area contributed by atoms with Crippen molar-refractivity contribution in [2.75, 3.05) is 0 Å². The summed E-state index contributed by atoms with van der Waals surface area (Å²) in [7, 11) is 0. The highest BCUT2D eigenvalue weighted by Gasteiger charge is 2.01. The van der Waals surface area contributed by atoms with Crippen molar-refractivity contribution in [1.29, 1.82) is 0 Å². The first-order valence-corrected chi connectivity index (χ1v) is 7.06. The van der Waals surface area contributed by atoms with E-state index in [0.29, 0.717) is 10.0 Å². The second-order valence-electron chi connectivity index (χ2n) is 3.82. The maximum atomic E-state index is 10.3. The summed E-state index contributed by atoms with van der Waals surface area (Å²) in [5.74, 6) is -2.60. The number of benzene rings is 2. The summed E-state index contributed by atoms with van der Waals surface area (Å²) in [6.45, 7) is 0. The number of carboxylic acid groups (broad SMARTS) is 2. The number of rotatable bonds is 2. The molecule has 2 rings (SSSR count). The third-order valence-electron chi connectivity index (χ3n) is 2.30. The predicted molar refractivity (Wildman–Crippen MR) is 97.2 cm³/mol. The molecule has 2 aromatic carbocycles. The van der Waals surface area contributed by atoms with Gasteiger partial charge < -0.3 is 37.6 Å². The average molecular weight is 434 g/mol. The van der Waals surface area contributed by atoms with Crippen LogP contribution in [0.5, 0.6) is 0 Å². The van der Waals surface area contributed by atoms with Crippen LogP contribution in [0, 0.1) is 0 Å². The second kappa shape index (κ2) is 12.7. The van der Waals surface area contributed by atoms with Gasteiger partial charge in [-0.25, -0.2) is 0 Å². The minimum atomic E-state index is -1.30. The number of quaternary nitrogens is 2. The van der Waals surface area contributed by atoms with Crippen LogP contribution in [0.1, 0.15) is 20.7 Å². The lowest BCUT2D eigenvalue weighted by atomic mass is 10.2. The van der Waals surface area contributed by atoms with Crippen molar-refractivity contribution in [1.82, 2.24) is 12.3 Å². The van der Waals surface area contributed by atoms with Crippen LogP contribution >= 0.6 is 46.4 Å². The Hall–Kier alpha value is -1.58. The zero-order valence-corrected chi connectivity index (χ0v) is 16.1. The molecule has 0 atom stereocenters. The first kappa shape index (κ1) is 28.2. The Kier molecular flexibility index (Phi) is 14.4. The van der Waals surface area contributed by atoms with Crippen molar-refractivity contribution in [2.24, 2.45) is 0 Å². The van der Waals surface area contributed by atoms with Crippen LogP contribution in [0.15, 0.2) is 36.4 Å². The molecule has 25 heavy (non-hydrogen) atoms. The third kappa shape index (κ3) is 8.89. The van der Waals surface area contributed by atoms with Crippen molar-refractivity contribution in [2.45, 2.75) is 0 Å². The largest absolute Gasteiger partial charge is 0.545 e. The Bertz CT molecular complexity index is 667. The van der Waals surface area contributed by atoms with Gasteiger partial charge in [0.25, 0.3) is 0 Å². The molecule has 0 aliphatic rings. The van der Waals surface area contributed by atoms with Crippen LogP contribution in [0.25, 0.3) is 0 Å². The van der Waals surface area contributed by atoms with Crippen LogP contribution in [0.4, 0.5) is 0 Å². The van der Waals surface area contributed by atoms with Gasteiger partial charge >= 0.3 is 0 Å². The number of hydrogen-bond acceptors (Lipinski definition) is 4. The van der Waals surface area contributed by atoms with E-state index in [1.807, 2.05) is 0 Å². The third-order valence-corrected chi connectivity index (χ3v) is 3.40. The normalized spacial score (nSPS) is 8.48. The van der Waals surface area contributed by atoms with Crippen LogP contribution in [0.3, 0.4) is 0 Å². The van der Waals surface area contributed by atoms with E-state index in [1.54, 1.807) is 0 Å². The number of halogens is 4. The van der Waals surface area contributed by atoms with E-state index in [9.17, 15) is 19.8 Å². The van der Waals surface area contributed by atoms with Gasteiger partial charge in [0.2, 0.25) is 0 Å². The summed E-state index contributed by atoms with van der Waals surface area (Å²) >= 11 is 22.1. The molecule has 0 aromatic heterocycles. The minimum absolute atomic E-state index is 0. The Morgan fingerprint density at radius 3 is 1.16 bits per heavy atom. The summed E-state index contributed by atoms with van der Waals surface area (Å²) in [5, 5.41) is 21.6. The first-order valence-electron chi connectivity index (χ1n) is 5.55. The fourth-order valence-corrected chi connectivity index (χ4v) is 2.28. The standard InChI is InChI=1S/2C7H4Cl2O2.2H3N.H2O/c2*8-4-1-2-5(7(10)11)6(9)3-4;;;/h2*1-3H,(H,10,11);2*1H3;1H2. The number of aromatic carboxylic acids is 2. The molecule has 0 amide bonds. The van der Waals surface area contributed by atoms with E-state index >= 15 is 0 Å². The lowest BCUT2D eigenvalue weighted by molar-refractivity contribution is -0.256. The van der Waals surface area contributed by atoms with Gasteiger partial charge in [-0.3, -0.25) is 0 Å². The molecule has 0 aliphatic heterocycles. The average Bonchev–Trinajstić information content (AvgIpc) is 2.38. The molecule has 11 heteroatoms. The SMILES string of the molecule is O.O=C([O-])c1ccc(Cl)cc1Cl.O=C([O-])c1ccc(Cl)cc1Cl.[NH4+].[NH4+]. The zero-order valence-electron chi connectivity index (χ0n) is 13.1. The molecular formula is C14H16Cl4N2O5. The summed E-state index contributed by atoms with van der Waals surface area (Å²) in [4.78, 5) is 20.6. The van der Waals surface area contributed by atoms with E-state index in [4.69, 9.17) is 46.4 Å². The van der Waals surface area contributed by atoms with E-state index < -0.39 is 11.9 Å². The van der Waals surface area contributed by atoms with Crippen LogP contribution in [-0.2, 0) is 0 Å². The molecule has 0 spiro atoms. The second-order valence-corrected chi connectivity index (χ2v) is 5.51. The highest BCUT2D eigenvalue weighted by Crippen LogP contribution is 2.20. The van der Waals surface area contributed by atoms with Gasteiger partial charge in [-0.2, -0.15) is 0 Å². The molecule has 7 nitrogen and oxygen atoms in total. The highest BCUT2D eigenvalue weighted by atomic mass is 35.5. The fourth-order valence-electron chi connectivity index (χ4n) is 1.31. The van der Waals surface area contributed by atoms with E-state index in [0.717, 1.165) is 0 Å². The molecule has 0 bridgehead atoms. The molecule has 0 heterocycles. The topological polar surface area (TPSA) is 185 Å². The van der Waals surface area contributed by atoms with Crippen molar-refractivity contribution < 1.29 is 25.3 Å². The quantitative estimate of drug-likeness (QED) is 0.736. The van der Waals surface area contributed by atoms with Crippen LogP contribution in [0.2, 0.25) is 20.1 Å². The van der Waals surface area contributed by atoms with Crippen molar-refractivity contribution in [3.8, 4) is 0 Å². The van der Waals surface area contributed by atoms with Gasteiger partial charge in [0.15, 0.2) is 0 Å². The minimum Gasteiger partial charge on any atom is -0.545 e. The van der Waals surface area contributed by atoms with E-state index in [-0.39, 0.29) is 38.9 Å². The predicted octanol–water partition coefficient (Wildman–Crippen LogP) is 2.64. The lowest BCUT2D eigenvalue weighted by Gasteiger charge is -2.03. The molecule has 10 N–H and O–H groups in total. The summed E-state index contributed by atoms with van der Waals surface area (Å²) in [6, 6.07) is 8.21. The maximum absolute atomic E-state index is 10.3. The van der Waals surface area contributed by atoms with Gasteiger partial charge in [0.1, 0.15) is 0 Å². The van der Waals surface area contributed by atoms with Gasteiger partial charge in [-0.05, 0) is 24.3 Å². The molecule has 0 unspecified atom stereocenters. The maximum Gasteiger partial charge on any atom is 0.0730 e.